The van der Waals surface area contributed by atoms with Crippen LogP contribution in [0.15, 0.2) is 12.3 Å². The molecule has 4 heteroatoms. The van der Waals surface area contributed by atoms with Crippen molar-refractivity contribution in [1.29, 1.82) is 0 Å². The summed E-state index contributed by atoms with van der Waals surface area (Å²) in [6, 6.07) is 1.72. The molecule has 2 unspecified atom stereocenters. The summed E-state index contributed by atoms with van der Waals surface area (Å²) in [4.78, 5) is 4.02. The van der Waals surface area contributed by atoms with Gasteiger partial charge in [0.2, 0.25) is 0 Å². The van der Waals surface area contributed by atoms with E-state index < -0.39 is 5.67 Å². The van der Waals surface area contributed by atoms with Crippen LogP contribution < -0.4 is 11.5 Å². The van der Waals surface area contributed by atoms with Crippen LogP contribution in [0, 0.1) is 6.92 Å². The zero-order valence-corrected chi connectivity index (χ0v) is 9.54. The van der Waals surface area contributed by atoms with Gasteiger partial charge >= 0.3 is 0 Å². The van der Waals surface area contributed by atoms with Crippen LogP contribution in [-0.2, 0) is 5.67 Å². The van der Waals surface area contributed by atoms with E-state index >= 15 is 0 Å². The van der Waals surface area contributed by atoms with Crippen LogP contribution in [0.4, 0.5) is 10.2 Å². The second kappa shape index (κ2) is 4.01. The van der Waals surface area contributed by atoms with Crippen molar-refractivity contribution >= 4 is 5.82 Å². The summed E-state index contributed by atoms with van der Waals surface area (Å²) in [6.07, 6.45) is 4.21. The first-order valence-electron chi connectivity index (χ1n) is 5.68. The van der Waals surface area contributed by atoms with E-state index in [2.05, 4.69) is 4.98 Å². The van der Waals surface area contributed by atoms with Crippen molar-refractivity contribution in [3.05, 3.63) is 23.4 Å². The molecular formula is C12H18FN3. The van der Waals surface area contributed by atoms with Crippen LogP contribution in [0.1, 0.15) is 36.8 Å². The van der Waals surface area contributed by atoms with Crippen molar-refractivity contribution in [3.8, 4) is 0 Å². The van der Waals surface area contributed by atoms with Crippen molar-refractivity contribution < 1.29 is 4.39 Å². The minimum atomic E-state index is -1.39. The highest BCUT2D eigenvalue weighted by molar-refractivity contribution is 5.45. The zero-order chi connectivity index (χ0) is 11.8. The topological polar surface area (TPSA) is 64.9 Å². The summed E-state index contributed by atoms with van der Waals surface area (Å²) in [5, 5.41) is 0. The van der Waals surface area contributed by atoms with Gasteiger partial charge in [0.1, 0.15) is 11.5 Å². The fraction of sp³-hybridized carbons (Fsp3) is 0.583. The third-order valence-electron chi connectivity index (χ3n) is 3.27. The number of nitrogens with zero attached hydrogens (tertiary/aromatic N) is 1. The molecule has 1 aliphatic rings. The lowest BCUT2D eigenvalue weighted by Gasteiger charge is -2.33. The summed E-state index contributed by atoms with van der Waals surface area (Å²) in [7, 11) is 0. The Balaban J connectivity index is 2.37. The molecule has 1 aliphatic carbocycles. The number of nitrogens with two attached hydrogens (primary N) is 2. The molecule has 2 atom stereocenters. The number of aromatic nitrogens is 1. The highest BCUT2D eigenvalue weighted by Crippen LogP contribution is 2.42. The number of anilines is 1. The molecule has 0 amide bonds. The SMILES string of the molecule is Cc1cnc(N)c(C2(F)CCCC(N)C2)c1. The number of pyridine rings is 1. The molecule has 0 spiro atoms. The van der Waals surface area contributed by atoms with Crippen molar-refractivity contribution in [2.75, 3.05) is 5.73 Å². The maximum atomic E-state index is 14.8. The molecule has 0 saturated heterocycles. The van der Waals surface area contributed by atoms with E-state index in [1.54, 1.807) is 12.3 Å². The van der Waals surface area contributed by atoms with E-state index in [9.17, 15) is 4.39 Å². The Morgan fingerprint density at radius 1 is 1.56 bits per heavy atom. The van der Waals surface area contributed by atoms with E-state index in [0.717, 1.165) is 18.4 Å². The standard InChI is InChI=1S/C12H18FN3/c1-8-5-10(11(15)16-7-8)12(13)4-2-3-9(14)6-12/h5,7,9H,2-4,6,14H2,1H3,(H2,15,16). The molecular weight excluding hydrogens is 205 g/mol. The molecule has 1 aromatic heterocycles. The van der Waals surface area contributed by atoms with Gasteiger partial charge in [-0.2, -0.15) is 0 Å². The van der Waals surface area contributed by atoms with Gasteiger partial charge in [-0.3, -0.25) is 0 Å². The zero-order valence-electron chi connectivity index (χ0n) is 9.54. The number of nitrogen functional groups attached to an aromatic ring is 1. The molecule has 16 heavy (non-hydrogen) atoms. The Morgan fingerprint density at radius 3 is 3.00 bits per heavy atom. The quantitative estimate of drug-likeness (QED) is 0.765. The van der Waals surface area contributed by atoms with Crippen molar-refractivity contribution in [2.24, 2.45) is 5.73 Å². The number of alkyl halides is 1. The van der Waals surface area contributed by atoms with Gasteiger partial charge in [0.25, 0.3) is 0 Å². The van der Waals surface area contributed by atoms with Crippen LogP contribution >= 0.6 is 0 Å². The molecule has 0 radical (unpaired) electrons. The van der Waals surface area contributed by atoms with Gasteiger partial charge < -0.3 is 11.5 Å². The second-order valence-electron chi connectivity index (χ2n) is 4.77. The van der Waals surface area contributed by atoms with E-state index in [0.29, 0.717) is 24.2 Å². The largest absolute Gasteiger partial charge is 0.383 e. The molecule has 1 fully saturated rings. The molecule has 0 aliphatic heterocycles. The highest BCUT2D eigenvalue weighted by atomic mass is 19.1. The van der Waals surface area contributed by atoms with Crippen LogP contribution in [0.25, 0.3) is 0 Å². The first kappa shape index (κ1) is 11.3. The second-order valence-corrected chi connectivity index (χ2v) is 4.77. The molecule has 1 saturated carbocycles. The fourth-order valence-electron chi connectivity index (χ4n) is 2.45. The maximum Gasteiger partial charge on any atom is 0.141 e. The molecule has 4 N–H and O–H groups in total. The average Bonchev–Trinajstić information content (AvgIpc) is 2.21. The Morgan fingerprint density at radius 2 is 2.31 bits per heavy atom. The van der Waals surface area contributed by atoms with E-state index in [-0.39, 0.29) is 6.04 Å². The van der Waals surface area contributed by atoms with Gasteiger partial charge in [-0.25, -0.2) is 9.37 Å². The first-order valence-corrected chi connectivity index (χ1v) is 5.68. The number of rotatable bonds is 1. The lowest BCUT2D eigenvalue weighted by molar-refractivity contribution is 0.0952. The molecule has 2 rings (SSSR count). The molecule has 0 bridgehead atoms. The fourth-order valence-corrected chi connectivity index (χ4v) is 2.45. The van der Waals surface area contributed by atoms with Gasteiger partial charge in [-0.1, -0.05) is 0 Å². The lowest BCUT2D eigenvalue weighted by atomic mass is 9.79. The van der Waals surface area contributed by atoms with Crippen LogP contribution in [0.5, 0.6) is 0 Å². The Hall–Kier alpha value is -1.16. The monoisotopic (exact) mass is 223 g/mol. The Bertz CT molecular complexity index is 394. The summed E-state index contributed by atoms with van der Waals surface area (Å²) >= 11 is 0. The number of hydrogen-bond donors (Lipinski definition) is 2. The number of halogens is 1. The van der Waals surface area contributed by atoms with Gasteiger partial charge in [0, 0.05) is 24.2 Å². The normalized spacial score (nSPS) is 30.3. The summed E-state index contributed by atoms with van der Waals surface area (Å²) in [5.41, 5.74) is 11.7. The molecule has 88 valence electrons. The maximum absolute atomic E-state index is 14.8. The highest BCUT2D eigenvalue weighted by Gasteiger charge is 2.38. The minimum absolute atomic E-state index is 0.0707. The minimum Gasteiger partial charge on any atom is -0.383 e. The van der Waals surface area contributed by atoms with Gasteiger partial charge in [-0.05, 0) is 37.8 Å². The summed E-state index contributed by atoms with van der Waals surface area (Å²) in [6.45, 7) is 1.89. The van der Waals surface area contributed by atoms with Gasteiger partial charge in [-0.15, -0.1) is 0 Å². The first-order chi connectivity index (χ1) is 7.51. The smallest absolute Gasteiger partial charge is 0.141 e. The molecule has 3 nitrogen and oxygen atoms in total. The lowest BCUT2D eigenvalue weighted by Crippen LogP contribution is -2.36. The molecule has 1 aromatic rings. The average molecular weight is 223 g/mol. The van der Waals surface area contributed by atoms with Crippen molar-refractivity contribution in [2.45, 2.75) is 44.3 Å². The van der Waals surface area contributed by atoms with Crippen LogP contribution in [0.2, 0.25) is 0 Å². The van der Waals surface area contributed by atoms with Gasteiger partial charge in [0.15, 0.2) is 0 Å². The van der Waals surface area contributed by atoms with Crippen molar-refractivity contribution in [1.82, 2.24) is 4.98 Å². The van der Waals surface area contributed by atoms with E-state index in [4.69, 9.17) is 11.5 Å². The summed E-state index contributed by atoms with van der Waals surface area (Å²) < 4.78 is 14.8. The Labute approximate surface area is 95.0 Å². The third kappa shape index (κ3) is 2.02. The summed E-state index contributed by atoms with van der Waals surface area (Å²) in [5.74, 6) is 0.294. The van der Waals surface area contributed by atoms with Crippen LogP contribution in [0.3, 0.4) is 0 Å². The van der Waals surface area contributed by atoms with E-state index in [1.807, 2.05) is 6.92 Å². The van der Waals surface area contributed by atoms with Gasteiger partial charge in [0.05, 0.1) is 0 Å². The number of hydrogen-bond acceptors (Lipinski definition) is 3. The number of aryl methyl sites for hydroxylation is 1. The Kier molecular flexibility index (Phi) is 2.84. The predicted octanol–water partition coefficient (Wildman–Crippen LogP) is 2.04. The van der Waals surface area contributed by atoms with E-state index in [1.165, 1.54) is 0 Å². The van der Waals surface area contributed by atoms with Crippen LogP contribution in [-0.4, -0.2) is 11.0 Å². The van der Waals surface area contributed by atoms with Crippen molar-refractivity contribution in [3.63, 3.8) is 0 Å². The third-order valence-corrected chi connectivity index (χ3v) is 3.27. The molecule has 0 aromatic carbocycles. The molecule has 1 heterocycles. The predicted molar refractivity (Wildman–Crippen MR) is 62.6 cm³/mol.